The fourth-order valence-electron chi connectivity index (χ4n) is 2.85. The first kappa shape index (κ1) is 15.0. The first-order valence-electron chi connectivity index (χ1n) is 6.98. The highest BCUT2D eigenvalue weighted by Gasteiger charge is 2.43. The van der Waals surface area contributed by atoms with Crippen LogP contribution in [0.15, 0.2) is 0 Å². The molecule has 19 heavy (non-hydrogen) atoms. The van der Waals surface area contributed by atoms with Crippen molar-refractivity contribution in [3.8, 4) is 0 Å². The van der Waals surface area contributed by atoms with Crippen LogP contribution in [0.5, 0.6) is 0 Å². The van der Waals surface area contributed by atoms with Gasteiger partial charge in [0.15, 0.2) is 0 Å². The minimum Gasteiger partial charge on any atom is -0.335 e. The Balaban J connectivity index is 1.74. The number of thioether (sulfide) groups is 1. The molecule has 0 aromatic rings. The van der Waals surface area contributed by atoms with Crippen LogP contribution in [-0.4, -0.2) is 40.6 Å². The summed E-state index contributed by atoms with van der Waals surface area (Å²) < 4.78 is 36.9. The van der Waals surface area contributed by atoms with E-state index < -0.39 is 12.1 Å². The molecule has 2 rings (SSSR count). The van der Waals surface area contributed by atoms with E-state index in [1.54, 1.807) is 0 Å². The van der Waals surface area contributed by atoms with Gasteiger partial charge in [-0.2, -0.15) is 24.9 Å². The number of hydrogen-bond acceptors (Lipinski definition) is 2. The summed E-state index contributed by atoms with van der Waals surface area (Å²) in [6.45, 7) is 0.505. The van der Waals surface area contributed by atoms with Gasteiger partial charge in [-0.05, 0) is 25.7 Å². The number of hydrogen-bond donors (Lipinski definition) is 0. The van der Waals surface area contributed by atoms with E-state index in [1.165, 1.54) is 32.1 Å². The van der Waals surface area contributed by atoms with Crippen LogP contribution in [0.2, 0.25) is 0 Å². The highest BCUT2D eigenvalue weighted by molar-refractivity contribution is 8.00. The van der Waals surface area contributed by atoms with Crippen molar-refractivity contribution in [3.05, 3.63) is 0 Å². The lowest BCUT2D eigenvalue weighted by molar-refractivity contribution is -0.186. The van der Waals surface area contributed by atoms with Crippen LogP contribution in [0.4, 0.5) is 13.2 Å². The third-order valence-electron chi connectivity index (χ3n) is 3.91. The van der Waals surface area contributed by atoms with Crippen LogP contribution < -0.4 is 0 Å². The van der Waals surface area contributed by atoms with E-state index in [2.05, 4.69) is 0 Å². The molecule has 0 bridgehead atoms. The van der Waals surface area contributed by atoms with Gasteiger partial charge in [0, 0.05) is 23.6 Å². The summed E-state index contributed by atoms with van der Waals surface area (Å²) in [5.41, 5.74) is 0. The normalized spacial score (nSPS) is 23.6. The number of amides is 1. The Morgan fingerprint density at radius 3 is 2.00 bits per heavy atom. The van der Waals surface area contributed by atoms with E-state index >= 15 is 0 Å². The zero-order valence-electron chi connectivity index (χ0n) is 10.9. The predicted molar refractivity (Wildman–Crippen MR) is 70.1 cm³/mol. The summed E-state index contributed by atoms with van der Waals surface area (Å²) in [5.74, 6) is -1.67. The number of alkyl halides is 3. The topological polar surface area (TPSA) is 20.3 Å². The maximum atomic E-state index is 12.3. The number of piperidine rings is 1. The summed E-state index contributed by atoms with van der Waals surface area (Å²) >= 11 is 1.94. The van der Waals surface area contributed by atoms with Gasteiger partial charge in [-0.3, -0.25) is 4.79 Å². The van der Waals surface area contributed by atoms with Crippen molar-refractivity contribution in [2.75, 3.05) is 13.1 Å². The zero-order chi connectivity index (χ0) is 13.9. The Hall–Kier alpha value is -0.390. The summed E-state index contributed by atoms with van der Waals surface area (Å²) in [6, 6.07) is 0. The fraction of sp³-hybridized carbons (Fsp3) is 0.923. The number of carbonyl (C=O) groups excluding carboxylic acids is 1. The monoisotopic (exact) mass is 295 g/mol. The second-order valence-corrected chi connectivity index (χ2v) is 6.99. The molecule has 0 N–H and O–H groups in total. The molecule has 1 heterocycles. The molecule has 1 saturated carbocycles. The lowest BCUT2D eigenvalue weighted by Gasteiger charge is -2.34. The van der Waals surface area contributed by atoms with Crippen molar-refractivity contribution in [3.63, 3.8) is 0 Å². The first-order valence-corrected chi connectivity index (χ1v) is 7.92. The lowest BCUT2D eigenvalue weighted by Crippen LogP contribution is -2.46. The molecule has 2 fully saturated rings. The van der Waals surface area contributed by atoms with Crippen molar-refractivity contribution >= 4 is 17.7 Å². The molecule has 1 aliphatic heterocycles. The summed E-state index contributed by atoms with van der Waals surface area (Å²) in [4.78, 5) is 12.1. The Morgan fingerprint density at radius 1 is 0.947 bits per heavy atom. The second kappa shape index (κ2) is 6.37. The van der Waals surface area contributed by atoms with Crippen molar-refractivity contribution in [2.45, 2.75) is 61.6 Å². The molecule has 0 unspecified atom stereocenters. The number of halogens is 3. The Labute approximate surface area is 116 Å². The highest BCUT2D eigenvalue weighted by atomic mass is 32.2. The molecular formula is C13H20F3NOS. The summed E-state index contributed by atoms with van der Waals surface area (Å²) in [7, 11) is 0. The fourth-order valence-corrected chi connectivity index (χ4v) is 4.48. The predicted octanol–water partition coefficient (Wildman–Crippen LogP) is 3.61. The molecular weight excluding hydrogens is 275 g/mol. The van der Waals surface area contributed by atoms with E-state index in [0.29, 0.717) is 23.3 Å². The maximum absolute atomic E-state index is 12.3. The van der Waals surface area contributed by atoms with Gasteiger partial charge in [-0.1, -0.05) is 19.3 Å². The lowest BCUT2D eigenvalue weighted by atomic mass is 10.0. The first-order chi connectivity index (χ1) is 8.97. The minimum absolute atomic E-state index is 0.253. The van der Waals surface area contributed by atoms with Crippen LogP contribution in [0, 0.1) is 0 Å². The maximum Gasteiger partial charge on any atom is 0.471 e. The molecule has 0 atom stereocenters. The number of nitrogens with zero attached hydrogens (tertiary/aromatic N) is 1. The Bertz CT molecular complexity index is 308. The van der Waals surface area contributed by atoms with Crippen LogP contribution >= 0.6 is 11.8 Å². The van der Waals surface area contributed by atoms with Gasteiger partial charge in [0.25, 0.3) is 0 Å². The third-order valence-corrected chi connectivity index (χ3v) is 5.62. The zero-order valence-corrected chi connectivity index (χ0v) is 11.7. The molecule has 1 amide bonds. The molecule has 110 valence electrons. The van der Waals surface area contributed by atoms with Gasteiger partial charge >= 0.3 is 12.1 Å². The van der Waals surface area contributed by atoms with Gasteiger partial charge in [-0.15, -0.1) is 0 Å². The van der Waals surface area contributed by atoms with E-state index in [1.807, 2.05) is 11.8 Å². The average Bonchev–Trinajstić information content (AvgIpc) is 2.39. The molecule has 6 heteroatoms. The highest BCUT2D eigenvalue weighted by Crippen LogP contribution is 2.35. The largest absolute Gasteiger partial charge is 0.471 e. The number of likely N-dealkylation sites (tertiary alicyclic amines) is 1. The molecule has 0 radical (unpaired) electrons. The van der Waals surface area contributed by atoms with Crippen molar-refractivity contribution < 1.29 is 18.0 Å². The summed E-state index contributed by atoms with van der Waals surface area (Å²) in [6.07, 6.45) is 3.04. The molecule has 0 spiro atoms. The third kappa shape index (κ3) is 4.29. The van der Waals surface area contributed by atoms with Crippen LogP contribution in [-0.2, 0) is 4.79 Å². The second-order valence-electron chi connectivity index (χ2n) is 5.39. The van der Waals surface area contributed by atoms with Gasteiger partial charge in [0.05, 0.1) is 0 Å². The van der Waals surface area contributed by atoms with Gasteiger partial charge in [-0.25, -0.2) is 0 Å². The Morgan fingerprint density at radius 2 is 1.47 bits per heavy atom. The van der Waals surface area contributed by atoms with Gasteiger partial charge < -0.3 is 4.90 Å². The van der Waals surface area contributed by atoms with E-state index in [-0.39, 0.29) is 13.1 Å². The molecule has 2 aliphatic rings. The standard InChI is InChI=1S/C13H20F3NOS/c14-13(15,16)12(18)17-8-6-11(7-9-17)19-10-4-2-1-3-5-10/h10-11H,1-9H2. The SMILES string of the molecule is O=C(N1CCC(SC2CCCCC2)CC1)C(F)(F)F. The van der Waals surface area contributed by atoms with E-state index in [4.69, 9.17) is 0 Å². The van der Waals surface area contributed by atoms with E-state index in [0.717, 1.165) is 4.90 Å². The van der Waals surface area contributed by atoms with Gasteiger partial charge in [0.2, 0.25) is 0 Å². The number of carbonyl (C=O) groups is 1. The minimum atomic E-state index is -4.72. The average molecular weight is 295 g/mol. The molecule has 0 aromatic heterocycles. The van der Waals surface area contributed by atoms with Crippen LogP contribution in [0.25, 0.3) is 0 Å². The molecule has 1 saturated heterocycles. The van der Waals surface area contributed by atoms with Gasteiger partial charge in [0.1, 0.15) is 0 Å². The Kier molecular flexibility index (Phi) is 5.03. The van der Waals surface area contributed by atoms with Crippen LogP contribution in [0.3, 0.4) is 0 Å². The molecule has 1 aliphatic carbocycles. The molecule has 0 aromatic carbocycles. The quantitative estimate of drug-likeness (QED) is 0.775. The van der Waals surface area contributed by atoms with Crippen molar-refractivity contribution in [1.82, 2.24) is 4.90 Å². The smallest absolute Gasteiger partial charge is 0.335 e. The van der Waals surface area contributed by atoms with Crippen molar-refractivity contribution in [2.24, 2.45) is 0 Å². The van der Waals surface area contributed by atoms with Crippen LogP contribution in [0.1, 0.15) is 44.9 Å². The number of rotatable bonds is 2. The molecule has 2 nitrogen and oxygen atoms in total. The van der Waals surface area contributed by atoms with Crippen molar-refractivity contribution in [1.29, 1.82) is 0 Å². The summed E-state index contributed by atoms with van der Waals surface area (Å²) in [5, 5.41) is 1.11. The van der Waals surface area contributed by atoms with E-state index in [9.17, 15) is 18.0 Å².